The highest BCUT2D eigenvalue weighted by atomic mass is 16.5. The highest BCUT2D eigenvalue weighted by Crippen LogP contribution is 2.31. The Kier molecular flexibility index (Phi) is 6.77. The normalized spacial score (nSPS) is 15.7. The van der Waals surface area contributed by atoms with Crippen molar-refractivity contribution < 1.29 is 19.1 Å². The number of hydrogen-bond donors (Lipinski definition) is 3. The second-order valence-corrected chi connectivity index (χ2v) is 10.1. The Morgan fingerprint density at radius 1 is 0.884 bits per heavy atom. The van der Waals surface area contributed by atoms with Gasteiger partial charge in [-0.1, -0.05) is 0 Å². The molecule has 16 heteroatoms. The number of H-pyrrole nitrogens is 1. The standard InChI is InChI=1S/C27H28N12O4/c28-38(27(41)37-3-7-43-8-4-37)18-9-16(11-30-13-18)17-10-19-23(34-35-24(19)32-12-17)25-33-22-20(14-31-15-21(22)39(25)29)26(40)36-1-5-42-6-2-36/h9-15H,1-8,28-29H2,(H,32,34,35). The fraction of sp³-hybridized carbons (Fsp3) is 0.296. The van der Waals surface area contributed by atoms with Gasteiger partial charge < -0.3 is 25.1 Å². The first kappa shape index (κ1) is 26.7. The topological polar surface area (TPSA) is 200 Å². The number of urea groups is 1. The lowest BCUT2D eigenvalue weighted by Crippen LogP contribution is -2.51. The third kappa shape index (κ3) is 4.76. The van der Waals surface area contributed by atoms with E-state index in [1.54, 1.807) is 34.5 Å². The van der Waals surface area contributed by atoms with E-state index in [9.17, 15) is 9.59 Å². The molecule has 2 aliphatic rings. The van der Waals surface area contributed by atoms with Crippen LogP contribution in [0.1, 0.15) is 10.4 Å². The van der Waals surface area contributed by atoms with E-state index in [0.29, 0.717) is 109 Å². The third-order valence-electron chi connectivity index (χ3n) is 7.58. The number of imidazole rings is 1. The molecule has 7 heterocycles. The van der Waals surface area contributed by atoms with Crippen molar-refractivity contribution in [3.05, 3.63) is 48.7 Å². The second kappa shape index (κ2) is 10.9. The number of aromatic amines is 1. The molecule has 2 aliphatic heterocycles. The summed E-state index contributed by atoms with van der Waals surface area (Å²) in [6.45, 7) is 3.80. The molecule has 0 atom stereocenters. The number of fused-ring (bicyclic) bond motifs is 2. The molecule has 2 fully saturated rings. The maximum absolute atomic E-state index is 13.3. The quantitative estimate of drug-likeness (QED) is 0.153. The molecule has 5 aromatic heterocycles. The number of rotatable bonds is 4. The lowest BCUT2D eigenvalue weighted by atomic mass is 10.1. The number of morpholine rings is 2. The zero-order valence-corrected chi connectivity index (χ0v) is 23.0. The SMILES string of the molecule is NN(C(=O)N1CCOCC1)c1cncc(-c2cnc3[nH]nc(-c4nc5c(C(=O)N6CCOCC6)cncc5n4N)c3c2)c1. The van der Waals surface area contributed by atoms with E-state index >= 15 is 0 Å². The van der Waals surface area contributed by atoms with Crippen molar-refractivity contribution in [3.8, 4) is 22.6 Å². The summed E-state index contributed by atoms with van der Waals surface area (Å²) < 4.78 is 12.1. The molecule has 0 spiro atoms. The maximum atomic E-state index is 13.3. The number of amides is 3. The van der Waals surface area contributed by atoms with Gasteiger partial charge in [0.05, 0.1) is 55.5 Å². The number of hydrogen-bond acceptors (Lipinski definition) is 11. The molecular weight excluding hydrogens is 556 g/mol. The number of nitrogens with zero attached hydrogens (tertiary/aromatic N) is 9. The Hall–Kier alpha value is -5.19. The Labute approximate surface area is 244 Å². The molecule has 5 aromatic rings. The van der Waals surface area contributed by atoms with E-state index in [-0.39, 0.29) is 11.9 Å². The van der Waals surface area contributed by atoms with Crippen LogP contribution in [0.4, 0.5) is 10.5 Å². The molecule has 0 saturated carbocycles. The summed E-state index contributed by atoms with van der Waals surface area (Å²) in [4.78, 5) is 47.4. The molecule has 0 aromatic carbocycles. The van der Waals surface area contributed by atoms with Gasteiger partial charge in [-0.05, 0) is 12.1 Å². The zero-order chi connectivity index (χ0) is 29.5. The van der Waals surface area contributed by atoms with Crippen LogP contribution in [0.5, 0.6) is 0 Å². The van der Waals surface area contributed by atoms with Crippen LogP contribution in [0.25, 0.3) is 44.7 Å². The van der Waals surface area contributed by atoms with Crippen LogP contribution in [-0.4, -0.2) is 109 Å². The lowest BCUT2D eigenvalue weighted by Gasteiger charge is -2.30. The number of nitrogens with two attached hydrogens (primary N) is 2. The summed E-state index contributed by atoms with van der Waals surface area (Å²) in [6.07, 6.45) is 7.92. The first-order chi connectivity index (χ1) is 21.0. The summed E-state index contributed by atoms with van der Waals surface area (Å²) in [5.41, 5.74) is 4.04. The molecule has 7 rings (SSSR count). The van der Waals surface area contributed by atoms with Gasteiger partial charge in [-0.2, -0.15) is 5.10 Å². The van der Waals surface area contributed by atoms with Gasteiger partial charge in [0.15, 0.2) is 11.5 Å². The number of anilines is 1. The Balaban J connectivity index is 1.23. The van der Waals surface area contributed by atoms with Gasteiger partial charge in [0.1, 0.15) is 16.7 Å². The van der Waals surface area contributed by atoms with E-state index in [1.165, 1.54) is 17.1 Å². The summed E-state index contributed by atoms with van der Waals surface area (Å²) in [5.74, 6) is 12.8. The number of nitrogen functional groups attached to an aromatic ring is 1. The van der Waals surface area contributed by atoms with Gasteiger partial charge in [-0.25, -0.2) is 30.3 Å². The van der Waals surface area contributed by atoms with Gasteiger partial charge in [0.2, 0.25) is 0 Å². The maximum Gasteiger partial charge on any atom is 0.339 e. The summed E-state index contributed by atoms with van der Waals surface area (Å²) in [5, 5.41) is 9.11. The third-order valence-corrected chi connectivity index (χ3v) is 7.58. The van der Waals surface area contributed by atoms with Crippen molar-refractivity contribution in [2.75, 3.05) is 63.5 Å². The average Bonchev–Trinajstić information content (AvgIpc) is 3.64. The minimum absolute atomic E-state index is 0.185. The van der Waals surface area contributed by atoms with E-state index in [2.05, 4.69) is 25.1 Å². The van der Waals surface area contributed by atoms with Crippen LogP contribution in [0, 0.1) is 0 Å². The fourth-order valence-electron chi connectivity index (χ4n) is 5.24. The van der Waals surface area contributed by atoms with Crippen LogP contribution < -0.4 is 16.7 Å². The molecule has 0 radical (unpaired) electrons. The minimum Gasteiger partial charge on any atom is -0.378 e. The largest absolute Gasteiger partial charge is 0.378 e. The lowest BCUT2D eigenvalue weighted by molar-refractivity contribution is 0.0304. The number of aromatic nitrogens is 7. The highest BCUT2D eigenvalue weighted by molar-refractivity contribution is 6.05. The number of nitrogens with one attached hydrogen (secondary N) is 1. The van der Waals surface area contributed by atoms with Gasteiger partial charge >= 0.3 is 6.03 Å². The number of hydrazine groups is 1. The van der Waals surface area contributed by atoms with Crippen molar-refractivity contribution >= 4 is 39.7 Å². The van der Waals surface area contributed by atoms with E-state index in [0.717, 1.165) is 5.01 Å². The Bertz CT molecular complexity index is 1840. The number of carbonyl (C=O) groups excluding carboxylic acids is 2. The Morgan fingerprint density at radius 2 is 1.58 bits per heavy atom. The van der Waals surface area contributed by atoms with Crippen molar-refractivity contribution in [1.82, 2.24) is 44.6 Å². The fourth-order valence-corrected chi connectivity index (χ4v) is 5.24. The number of ether oxygens (including phenoxy) is 2. The molecule has 16 nitrogen and oxygen atoms in total. The molecule has 0 bridgehead atoms. The summed E-state index contributed by atoms with van der Waals surface area (Å²) in [6, 6.07) is 3.31. The molecule has 0 unspecified atom stereocenters. The molecule has 43 heavy (non-hydrogen) atoms. The summed E-state index contributed by atoms with van der Waals surface area (Å²) in [7, 11) is 0. The monoisotopic (exact) mass is 584 g/mol. The van der Waals surface area contributed by atoms with Crippen molar-refractivity contribution in [2.45, 2.75) is 0 Å². The van der Waals surface area contributed by atoms with E-state index in [4.69, 9.17) is 26.1 Å². The Morgan fingerprint density at radius 3 is 2.35 bits per heavy atom. The van der Waals surface area contributed by atoms with Gasteiger partial charge in [-0.15, -0.1) is 0 Å². The van der Waals surface area contributed by atoms with E-state index < -0.39 is 0 Å². The minimum atomic E-state index is -0.337. The van der Waals surface area contributed by atoms with Gasteiger partial charge in [0.25, 0.3) is 5.91 Å². The molecule has 0 aliphatic carbocycles. The number of carbonyl (C=O) groups is 2. The molecule has 5 N–H and O–H groups in total. The van der Waals surface area contributed by atoms with Gasteiger partial charge in [-0.3, -0.25) is 19.9 Å². The predicted molar refractivity (Wildman–Crippen MR) is 155 cm³/mol. The van der Waals surface area contributed by atoms with Crippen LogP contribution in [-0.2, 0) is 9.47 Å². The van der Waals surface area contributed by atoms with Crippen LogP contribution in [0.15, 0.2) is 43.1 Å². The average molecular weight is 585 g/mol. The predicted octanol–water partition coefficient (Wildman–Crippen LogP) is 0.750. The van der Waals surface area contributed by atoms with Crippen molar-refractivity contribution in [1.29, 1.82) is 0 Å². The van der Waals surface area contributed by atoms with Crippen molar-refractivity contribution in [3.63, 3.8) is 0 Å². The smallest absolute Gasteiger partial charge is 0.339 e. The molecule has 3 amide bonds. The zero-order valence-electron chi connectivity index (χ0n) is 23.0. The highest BCUT2D eigenvalue weighted by Gasteiger charge is 2.26. The van der Waals surface area contributed by atoms with Crippen LogP contribution >= 0.6 is 0 Å². The first-order valence-corrected chi connectivity index (χ1v) is 13.7. The first-order valence-electron chi connectivity index (χ1n) is 13.7. The van der Waals surface area contributed by atoms with Gasteiger partial charge in [0, 0.05) is 55.9 Å². The molecule has 2 saturated heterocycles. The summed E-state index contributed by atoms with van der Waals surface area (Å²) >= 11 is 0. The van der Waals surface area contributed by atoms with E-state index in [1.807, 2.05) is 6.07 Å². The van der Waals surface area contributed by atoms with Crippen molar-refractivity contribution in [2.24, 2.45) is 5.84 Å². The number of pyridine rings is 3. The van der Waals surface area contributed by atoms with Crippen LogP contribution in [0.2, 0.25) is 0 Å². The molecular formula is C27H28N12O4. The second-order valence-electron chi connectivity index (χ2n) is 10.1. The van der Waals surface area contributed by atoms with Crippen LogP contribution in [0.3, 0.4) is 0 Å². The molecule has 220 valence electrons.